The molecule has 0 unspecified atom stereocenters. The average Bonchev–Trinajstić information content (AvgIpc) is 2.82. The molecule has 19 heavy (non-hydrogen) atoms. The molecule has 0 fully saturated rings. The van der Waals surface area contributed by atoms with Crippen molar-refractivity contribution in [3.05, 3.63) is 34.8 Å². The van der Waals surface area contributed by atoms with Gasteiger partial charge in [0.1, 0.15) is 10.8 Å². The summed E-state index contributed by atoms with van der Waals surface area (Å²) in [5, 5.41) is 10.4. The summed E-state index contributed by atoms with van der Waals surface area (Å²) in [4.78, 5) is 5.63. The van der Waals surface area contributed by atoms with Crippen molar-refractivity contribution in [3.63, 3.8) is 0 Å². The van der Waals surface area contributed by atoms with Crippen LogP contribution in [0, 0.1) is 0 Å². The number of hydrogen-bond acceptors (Lipinski definition) is 4. The Hall–Kier alpha value is -1.39. The van der Waals surface area contributed by atoms with E-state index in [9.17, 15) is 5.11 Å². The van der Waals surface area contributed by atoms with Crippen molar-refractivity contribution in [2.45, 2.75) is 32.8 Å². The number of rotatable bonds is 3. The van der Waals surface area contributed by atoms with Crippen LogP contribution in [0.5, 0.6) is 5.75 Å². The highest BCUT2D eigenvalue weighted by Crippen LogP contribution is 2.37. The van der Waals surface area contributed by atoms with Gasteiger partial charge in [-0.15, -0.1) is 11.3 Å². The predicted molar refractivity (Wildman–Crippen MR) is 78.7 cm³/mol. The lowest BCUT2D eigenvalue weighted by atomic mass is 9.91. The summed E-state index contributed by atoms with van der Waals surface area (Å²) in [6, 6.07) is 7.82. The first-order chi connectivity index (χ1) is 8.97. The number of hydrogen-bond donors (Lipinski definition) is 1. The van der Waals surface area contributed by atoms with Crippen LogP contribution in [-0.2, 0) is 12.0 Å². The van der Waals surface area contributed by atoms with E-state index in [1.807, 2.05) is 24.3 Å². The first-order valence-corrected chi connectivity index (χ1v) is 7.03. The molecule has 4 heteroatoms. The summed E-state index contributed by atoms with van der Waals surface area (Å²) in [5.41, 5.74) is 1.86. The Morgan fingerprint density at radius 3 is 2.47 bits per heavy atom. The Morgan fingerprint density at radius 2 is 1.95 bits per heavy atom. The van der Waals surface area contributed by atoms with Crippen molar-refractivity contribution < 1.29 is 9.84 Å². The van der Waals surface area contributed by atoms with Crippen LogP contribution in [0.15, 0.2) is 24.3 Å². The Morgan fingerprint density at radius 1 is 1.26 bits per heavy atom. The monoisotopic (exact) mass is 277 g/mol. The van der Waals surface area contributed by atoms with Crippen molar-refractivity contribution in [1.29, 1.82) is 0 Å². The third kappa shape index (κ3) is 2.80. The van der Waals surface area contributed by atoms with Gasteiger partial charge >= 0.3 is 0 Å². The molecular weight excluding hydrogens is 258 g/mol. The largest absolute Gasteiger partial charge is 0.496 e. The van der Waals surface area contributed by atoms with Crippen molar-refractivity contribution >= 4 is 11.3 Å². The fourth-order valence-corrected chi connectivity index (χ4v) is 3.14. The molecule has 1 aromatic carbocycles. The van der Waals surface area contributed by atoms with Crippen LogP contribution >= 0.6 is 11.3 Å². The zero-order chi connectivity index (χ0) is 14.0. The topological polar surface area (TPSA) is 42.4 Å². The van der Waals surface area contributed by atoms with Crippen LogP contribution in [0.3, 0.4) is 0 Å². The van der Waals surface area contributed by atoms with Gasteiger partial charge in [-0.1, -0.05) is 32.9 Å². The Kier molecular flexibility index (Phi) is 3.92. The van der Waals surface area contributed by atoms with E-state index in [2.05, 4.69) is 20.8 Å². The van der Waals surface area contributed by atoms with Gasteiger partial charge in [0.15, 0.2) is 0 Å². The van der Waals surface area contributed by atoms with E-state index in [1.165, 1.54) is 11.3 Å². The zero-order valence-electron chi connectivity index (χ0n) is 11.7. The fraction of sp³-hybridized carbons (Fsp3) is 0.400. The van der Waals surface area contributed by atoms with Gasteiger partial charge in [0.2, 0.25) is 0 Å². The molecule has 0 saturated heterocycles. The molecule has 2 rings (SSSR count). The first-order valence-electron chi connectivity index (χ1n) is 6.21. The van der Waals surface area contributed by atoms with Crippen LogP contribution in [0.2, 0.25) is 0 Å². The predicted octanol–water partition coefficient (Wildman–Crippen LogP) is 3.61. The summed E-state index contributed by atoms with van der Waals surface area (Å²) in [5.74, 6) is 0.807. The average molecular weight is 277 g/mol. The standard InChI is InChI=1S/C15H19NO2S/c1-15(2,3)13-12(9-17)19-14(16-13)10-7-5-6-8-11(10)18-4/h5-8,17H,9H2,1-4H3. The van der Waals surface area contributed by atoms with Gasteiger partial charge in [0.25, 0.3) is 0 Å². The van der Waals surface area contributed by atoms with E-state index < -0.39 is 0 Å². The van der Waals surface area contributed by atoms with Crippen LogP contribution in [0.4, 0.5) is 0 Å². The molecule has 1 aromatic heterocycles. The van der Waals surface area contributed by atoms with Crippen molar-refractivity contribution in [2.24, 2.45) is 0 Å². The highest BCUT2D eigenvalue weighted by atomic mass is 32.1. The second-order valence-electron chi connectivity index (χ2n) is 5.40. The molecule has 0 aliphatic heterocycles. The summed E-state index contributed by atoms with van der Waals surface area (Å²) < 4.78 is 5.37. The van der Waals surface area contributed by atoms with Crippen molar-refractivity contribution in [3.8, 4) is 16.3 Å². The Balaban J connectivity index is 2.55. The normalized spacial score (nSPS) is 11.6. The van der Waals surface area contributed by atoms with Gasteiger partial charge < -0.3 is 9.84 Å². The Bertz CT molecular complexity index is 570. The molecule has 0 saturated carbocycles. The number of nitrogens with zero attached hydrogens (tertiary/aromatic N) is 1. The van der Waals surface area contributed by atoms with Crippen LogP contribution in [0.1, 0.15) is 31.3 Å². The second-order valence-corrected chi connectivity index (χ2v) is 6.48. The minimum absolute atomic E-state index is 0.0272. The molecule has 0 radical (unpaired) electrons. The number of thiazole rings is 1. The molecule has 0 aliphatic rings. The number of aliphatic hydroxyl groups excluding tert-OH is 1. The van der Waals surface area contributed by atoms with Gasteiger partial charge in [0, 0.05) is 5.41 Å². The van der Waals surface area contributed by atoms with Crippen LogP contribution in [-0.4, -0.2) is 17.2 Å². The van der Waals surface area contributed by atoms with Crippen LogP contribution in [0.25, 0.3) is 10.6 Å². The number of ether oxygens (including phenoxy) is 1. The molecule has 0 amide bonds. The maximum Gasteiger partial charge on any atom is 0.129 e. The third-order valence-electron chi connectivity index (χ3n) is 2.89. The molecule has 0 aliphatic carbocycles. The lowest BCUT2D eigenvalue weighted by molar-refractivity contribution is 0.282. The smallest absolute Gasteiger partial charge is 0.129 e. The van der Waals surface area contributed by atoms with E-state index in [-0.39, 0.29) is 12.0 Å². The quantitative estimate of drug-likeness (QED) is 0.932. The molecule has 2 aromatic rings. The van der Waals surface area contributed by atoms with Gasteiger partial charge in [-0.2, -0.15) is 0 Å². The maximum atomic E-state index is 9.51. The molecule has 1 heterocycles. The lowest BCUT2D eigenvalue weighted by Gasteiger charge is -2.16. The first kappa shape index (κ1) is 14.0. The van der Waals surface area contributed by atoms with E-state index in [0.717, 1.165) is 26.9 Å². The SMILES string of the molecule is COc1ccccc1-c1nc(C(C)(C)C)c(CO)s1. The number of aromatic nitrogens is 1. The number of para-hydroxylation sites is 1. The summed E-state index contributed by atoms with van der Waals surface area (Å²) in [7, 11) is 1.66. The van der Waals surface area contributed by atoms with Crippen molar-refractivity contribution in [2.75, 3.05) is 7.11 Å². The molecule has 3 nitrogen and oxygen atoms in total. The summed E-state index contributed by atoms with van der Waals surface area (Å²) in [6.07, 6.45) is 0. The van der Waals surface area contributed by atoms with Gasteiger partial charge in [-0.25, -0.2) is 4.98 Å². The fourth-order valence-electron chi connectivity index (χ4n) is 1.98. The molecule has 0 atom stereocenters. The van der Waals surface area contributed by atoms with E-state index in [4.69, 9.17) is 9.72 Å². The minimum atomic E-state index is -0.0746. The number of aliphatic hydroxyl groups is 1. The van der Waals surface area contributed by atoms with E-state index in [0.29, 0.717) is 0 Å². The highest BCUT2D eigenvalue weighted by Gasteiger charge is 2.24. The third-order valence-corrected chi connectivity index (χ3v) is 3.96. The minimum Gasteiger partial charge on any atom is -0.496 e. The Labute approximate surface area is 117 Å². The number of methoxy groups -OCH3 is 1. The van der Waals surface area contributed by atoms with Gasteiger partial charge in [-0.3, -0.25) is 0 Å². The zero-order valence-corrected chi connectivity index (χ0v) is 12.5. The molecule has 0 spiro atoms. The molecule has 102 valence electrons. The molecule has 1 N–H and O–H groups in total. The second kappa shape index (κ2) is 5.31. The van der Waals surface area contributed by atoms with Crippen molar-refractivity contribution in [1.82, 2.24) is 4.98 Å². The summed E-state index contributed by atoms with van der Waals surface area (Å²) in [6.45, 7) is 6.34. The lowest BCUT2D eigenvalue weighted by Crippen LogP contribution is -2.14. The number of benzene rings is 1. The van der Waals surface area contributed by atoms with E-state index in [1.54, 1.807) is 7.11 Å². The summed E-state index contributed by atoms with van der Waals surface area (Å²) >= 11 is 1.53. The molecule has 0 bridgehead atoms. The van der Waals surface area contributed by atoms with Gasteiger partial charge in [0.05, 0.1) is 29.9 Å². The van der Waals surface area contributed by atoms with Gasteiger partial charge in [-0.05, 0) is 12.1 Å². The van der Waals surface area contributed by atoms with Crippen LogP contribution < -0.4 is 4.74 Å². The van der Waals surface area contributed by atoms with E-state index >= 15 is 0 Å². The molecular formula is C15H19NO2S. The maximum absolute atomic E-state index is 9.51. The highest BCUT2D eigenvalue weighted by molar-refractivity contribution is 7.15.